The summed E-state index contributed by atoms with van der Waals surface area (Å²) in [6, 6.07) is 9.01. The first-order valence-corrected chi connectivity index (χ1v) is 12.6. The van der Waals surface area contributed by atoms with Gasteiger partial charge in [0.15, 0.2) is 0 Å². The predicted molar refractivity (Wildman–Crippen MR) is 134 cm³/mol. The monoisotopic (exact) mass is 451 g/mol. The van der Waals surface area contributed by atoms with Crippen LogP contribution >= 0.6 is 0 Å². The van der Waals surface area contributed by atoms with E-state index in [2.05, 4.69) is 69.6 Å². The van der Waals surface area contributed by atoms with E-state index in [4.69, 9.17) is 4.74 Å². The third-order valence-electron chi connectivity index (χ3n) is 8.20. The van der Waals surface area contributed by atoms with E-state index in [9.17, 15) is 4.79 Å². The Bertz CT molecular complexity index is 1000. The molecule has 5 nitrogen and oxygen atoms in total. The molecule has 1 saturated heterocycles. The molecule has 2 heterocycles. The molecule has 2 aliphatic rings. The average molecular weight is 452 g/mol. The van der Waals surface area contributed by atoms with Gasteiger partial charge in [-0.2, -0.15) is 0 Å². The molecule has 0 unspecified atom stereocenters. The molecule has 0 radical (unpaired) electrons. The van der Waals surface area contributed by atoms with Crippen molar-refractivity contribution in [2.45, 2.75) is 78.3 Å². The lowest BCUT2D eigenvalue weighted by molar-refractivity contribution is 0.0637. The smallest absolute Gasteiger partial charge is 0.271 e. The summed E-state index contributed by atoms with van der Waals surface area (Å²) in [6.07, 6.45) is 3.10. The molecule has 33 heavy (non-hydrogen) atoms. The number of benzene rings is 1. The molecule has 0 spiro atoms. The second-order valence-corrected chi connectivity index (χ2v) is 10.6. The van der Waals surface area contributed by atoms with Crippen molar-refractivity contribution >= 4 is 5.91 Å². The Hall–Kier alpha value is -2.27. The van der Waals surface area contributed by atoms with Crippen LogP contribution in [0.25, 0.3) is 0 Å². The summed E-state index contributed by atoms with van der Waals surface area (Å²) in [7, 11) is 1.74. The van der Waals surface area contributed by atoms with E-state index in [-0.39, 0.29) is 23.4 Å². The van der Waals surface area contributed by atoms with Gasteiger partial charge in [-0.25, -0.2) is 0 Å². The molecule has 2 atom stereocenters. The summed E-state index contributed by atoms with van der Waals surface area (Å²) in [6.45, 7) is 16.1. The molecule has 180 valence electrons. The van der Waals surface area contributed by atoms with Crippen LogP contribution in [0.1, 0.15) is 73.9 Å². The normalized spacial score (nSPS) is 22.9. The lowest BCUT2D eigenvalue weighted by Crippen LogP contribution is -2.53. The van der Waals surface area contributed by atoms with E-state index in [0.29, 0.717) is 5.92 Å². The number of fused-ring (bicyclic) bond motifs is 2. The maximum atomic E-state index is 13.6. The maximum Gasteiger partial charge on any atom is 0.271 e. The van der Waals surface area contributed by atoms with E-state index >= 15 is 0 Å². The fourth-order valence-corrected chi connectivity index (χ4v) is 6.43. The van der Waals surface area contributed by atoms with Crippen molar-refractivity contribution in [3.8, 4) is 5.75 Å². The summed E-state index contributed by atoms with van der Waals surface area (Å²) in [5, 5.41) is 0. The second-order valence-electron chi connectivity index (χ2n) is 10.6. The third-order valence-corrected chi connectivity index (χ3v) is 8.20. The van der Waals surface area contributed by atoms with Crippen LogP contribution in [0.2, 0.25) is 0 Å². The Morgan fingerprint density at radius 3 is 2.64 bits per heavy atom. The first kappa shape index (κ1) is 23.9. The molecule has 1 aromatic carbocycles. The van der Waals surface area contributed by atoms with E-state index in [0.717, 1.165) is 55.9 Å². The van der Waals surface area contributed by atoms with Gasteiger partial charge in [-0.3, -0.25) is 4.79 Å². The van der Waals surface area contributed by atoms with Crippen molar-refractivity contribution in [1.82, 2.24) is 14.8 Å². The van der Waals surface area contributed by atoms with E-state index < -0.39 is 0 Å². The number of aromatic nitrogens is 1. The summed E-state index contributed by atoms with van der Waals surface area (Å²) in [4.78, 5) is 21.8. The summed E-state index contributed by atoms with van der Waals surface area (Å²) < 4.78 is 5.59. The average Bonchev–Trinajstić information content (AvgIpc) is 3.11. The molecule has 0 saturated carbocycles. The van der Waals surface area contributed by atoms with Gasteiger partial charge in [0.05, 0.1) is 7.11 Å². The molecule has 1 amide bonds. The number of hydrogen-bond donors (Lipinski definition) is 1. The van der Waals surface area contributed by atoms with Gasteiger partial charge >= 0.3 is 0 Å². The molecule has 1 fully saturated rings. The molecule has 1 aromatic heterocycles. The van der Waals surface area contributed by atoms with Gasteiger partial charge in [-0.15, -0.1) is 0 Å². The van der Waals surface area contributed by atoms with Crippen molar-refractivity contribution < 1.29 is 9.53 Å². The number of carbonyl (C=O) groups is 1. The van der Waals surface area contributed by atoms with Crippen LogP contribution in [0.15, 0.2) is 24.3 Å². The molecular weight excluding hydrogens is 410 g/mol. The van der Waals surface area contributed by atoms with Crippen molar-refractivity contribution in [3.63, 3.8) is 0 Å². The summed E-state index contributed by atoms with van der Waals surface area (Å²) in [5.41, 5.74) is 6.00. The zero-order chi connectivity index (χ0) is 23.9. The third kappa shape index (κ3) is 4.09. The highest BCUT2D eigenvalue weighted by Crippen LogP contribution is 2.49. The van der Waals surface area contributed by atoms with Crippen LogP contribution < -0.4 is 4.74 Å². The summed E-state index contributed by atoms with van der Waals surface area (Å²) in [5.74, 6) is 1.57. The maximum absolute atomic E-state index is 13.6. The number of amides is 1. The van der Waals surface area contributed by atoms with E-state index in [1.165, 1.54) is 16.8 Å². The quantitative estimate of drug-likeness (QED) is 0.675. The van der Waals surface area contributed by atoms with E-state index in [1.54, 1.807) is 7.11 Å². The zero-order valence-electron chi connectivity index (χ0n) is 21.5. The van der Waals surface area contributed by atoms with Crippen molar-refractivity contribution in [2.24, 2.45) is 5.92 Å². The van der Waals surface area contributed by atoms with Crippen LogP contribution in [-0.2, 0) is 18.3 Å². The van der Waals surface area contributed by atoms with Gasteiger partial charge < -0.3 is 19.5 Å². The van der Waals surface area contributed by atoms with Crippen molar-refractivity contribution in [1.29, 1.82) is 0 Å². The lowest BCUT2D eigenvalue weighted by atomic mass is 9.58. The van der Waals surface area contributed by atoms with Gasteiger partial charge in [0, 0.05) is 29.7 Å². The number of carbonyl (C=O) groups excluding carboxylic acids is 1. The first-order valence-electron chi connectivity index (χ1n) is 12.6. The van der Waals surface area contributed by atoms with Crippen LogP contribution in [-0.4, -0.2) is 59.5 Å². The van der Waals surface area contributed by atoms with Gasteiger partial charge in [-0.05, 0) is 102 Å². The number of nitrogens with zero attached hydrogens (tertiary/aromatic N) is 2. The Labute approximate surface area is 199 Å². The SMILES string of the molecule is CCN1CC[C@@]2(c3cccc(OC)c3)Cc3[nH]c(C(=O)N(C(C)C)C(C)C)c(C)c3C[C@@H]2C1. The van der Waals surface area contributed by atoms with Gasteiger partial charge in [0.1, 0.15) is 11.4 Å². The van der Waals surface area contributed by atoms with Crippen LogP contribution in [0, 0.1) is 12.8 Å². The Balaban J connectivity index is 1.77. The topological polar surface area (TPSA) is 48.6 Å². The fraction of sp³-hybridized carbons (Fsp3) is 0.607. The fourth-order valence-electron chi connectivity index (χ4n) is 6.43. The van der Waals surface area contributed by atoms with E-state index in [1.807, 2.05) is 11.0 Å². The molecule has 4 rings (SSSR count). The number of rotatable bonds is 6. The number of H-pyrrole nitrogens is 1. The largest absolute Gasteiger partial charge is 0.497 e. The molecule has 2 aromatic rings. The molecule has 5 heteroatoms. The van der Waals surface area contributed by atoms with Gasteiger partial charge in [0.25, 0.3) is 5.91 Å². The first-order chi connectivity index (χ1) is 15.7. The van der Waals surface area contributed by atoms with Crippen LogP contribution in [0.5, 0.6) is 5.75 Å². The molecule has 1 aliphatic heterocycles. The lowest BCUT2D eigenvalue weighted by Gasteiger charge is -2.51. The van der Waals surface area contributed by atoms with Gasteiger partial charge in [-0.1, -0.05) is 19.1 Å². The predicted octanol–water partition coefficient (Wildman–Crippen LogP) is 4.97. The number of nitrogens with one attached hydrogen (secondary N) is 1. The highest BCUT2D eigenvalue weighted by Gasteiger charge is 2.48. The number of hydrogen-bond acceptors (Lipinski definition) is 3. The van der Waals surface area contributed by atoms with Gasteiger partial charge in [0.2, 0.25) is 0 Å². The number of ether oxygens (including phenoxy) is 1. The standard InChI is InChI=1S/C28H41N3O2/c1-8-30-13-12-28(21-10-9-11-23(14-21)33-7)16-25-24(15-22(28)17-30)20(6)26(29-25)27(32)31(18(2)3)19(4)5/h9-11,14,18-19,22,29H,8,12-13,15-17H2,1-7H3/t22-,28+/m1/s1. The molecule has 1 N–H and O–H groups in total. The van der Waals surface area contributed by atoms with Crippen LogP contribution in [0.4, 0.5) is 0 Å². The molecule has 0 bridgehead atoms. The minimum atomic E-state index is 0.0700. The number of likely N-dealkylation sites (tertiary alicyclic amines) is 1. The minimum Gasteiger partial charge on any atom is -0.497 e. The number of methoxy groups -OCH3 is 1. The highest BCUT2D eigenvalue weighted by molar-refractivity contribution is 5.95. The molecular formula is C28H41N3O2. The Kier molecular flexibility index (Phi) is 6.63. The zero-order valence-corrected chi connectivity index (χ0v) is 21.5. The number of aromatic amines is 1. The van der Waals surface area contributed by atoms with Crippen molar-refractivity contribution in [2.75, 3.05) is 26.7 Å². The summed E-state index contributed by atoms with van der Waals surface area (Å²) >= 11 is 0. The Morgan fingerprint density at radius 1 is 1.27 bits per heavy atom. The van der Waals surface area contributed by atoms with Crippen LogP contribution in [0.3, 0.4) is 0 Å². The molecule has 1 aliphatic carbocycles. The van der Waals surface area contributed by atoms with Crippen molar-refractivity contribution in [3.05, 3.63) is 52.3 Å². The minimum absolute atomic E-state index is 0.0700. The Morgan fingerprint density at radius 2 is 2.00 bits per heavy atom. The highest BCUT2D eigenvalue weighted by atomic mass is 16.5. The second kappa shape index (κ2) is 9.17. The number of piperidine rings is 1.